The molecule has 1 aliphatic heterocycles. The number of nitrogens with zero attached hydrogens (tertiary/aromatic N) is 1. The van der Waals surface area contributed by atoms with Gasteiger partial charge in [-0.3, -0.25) is 4.79 Å². The van der Waals surface area contributed by atoms with Gasteiger partial charge in [-0.15, -0.1) is 0 Å². The number of fused-ring (bicyclic) bond motifs is 2. The lowest BCUT2D eigenvalue weighted by molar-refractivity contribution is -0.132. The molecular formula is C21H18N2O7. The highest BCUT2D eigenvalue weighted by molar-refractivity contribution is 6.58. The van der Waals surface area contributed by atoms with Crippen LogP contribution in [0.3, 0.4) is 0 Å². The molecule has 154 valence electrons. The van der Waals surface area contributed by atoms with Crippen molar-refractivity contribution in [2.75, 3.05) is 21.3 Å². The Kier molecular flexibility index (Phi) is 4.57. The van der Waals surface area contributed by atoms with E-state index in [1.165, 1.54) is 27.4 Å². The van der Waals surface area contributed by atoms with Crippen molar-refractivity contribution in [2.45, 2.75) is 6.92 Å². The second-order valence-electron chi connectivity index (χ2n) is 6.58. The number of aromatic hydroxyl groups is 1. The van der Waals surface area contributed by atoms with Crippen LogP contribution in [0.5, 0.6) is 17.4 Å². The fourth-order valence-electron chi connectivity index (χ4n) is 3.43. The Labute approximate surface area is 170 Å². The number of furan rings is 1. The number of rotatable bonds is 4. The molecule has 0 aliphatic carbocycles. The van der Waals surface area contributed by atoms with E-state index in [0.717, 1.165) is 0 Å². The number of benzene rings is 1. The van der Waals surface area contributed by atoms with Gasteiger partial charge in [-0.1, -0.05) is 0 Å². The van der Waals surface area contributed by atoms with Crippen LogP contribution in [0.4, 0.5) is 5.69 Å². The number of aliphatic imine (C=N–C) groups is 1. The first kappa shape index (κ1) is 19.3. The zero-order valence-corrected chi connectivity index (χ0v) is 16.7. The SMILES string of the molecule is COC(=O)C1=Nc2cc(OC)c(OC)cc2/C1=C/c1oc(O)c2c(=O)[nH]c(C)cc12. The monoisotopic (exact) mass is 410 g/mol. The number of carbonyl (C=O) groups is 1. The number of pyridine rings is 1. The van der Waals surface area contributed by atoms with Gasteiger partial charge in [0.15, 0.2) is 17.2 Å². The van der Waals surface area contributed by atoms with Gasteiger partial charge in [0.2, 0.25) is 0 Å². The molecule has 9 heteroatoms. The summed E-state index contributed by atoms with van der Waals surface area (Å²) in [6, 6.07) is 5.00. The van der Waals surface area contributed by atoms with Gasteiger partial charge in [0.05, 0.1) is 27.0 Å². The number of hydrogen-bond acceptors (Lipinski definition) is 8. The summed E-state index contributed by atoms with van der Waals surface area (Å²) < 4.78 is 21.0. The van der Waals surface area contributed by atoms with Crippen LogP contribution in [0, 0.1) is 6.92 Å². The second-order valence-corrected chi connectivity index (χ2v) is 6.58. The minimum atomic E-state index is -0.649. The fourth-order valence-corrected chi connectivity index (χ4v) is 3.43. The van der Waals surface area contributed by atoms with E-state index in [1.807, 2.05) is 0 Å². The number of hydrogen-bond donors (Lipinski definition) is 2. The Hall–Kier alpha value is -4.01. The summed E-state index contributed by atoms with van der Waals surface area (Å²) in [6.07, 6.45) is 1.54. The predicted octanol–water partition coefficient (Wildman–Crippen LogP) is 2.95. The van der Waals surface area contributed by atoms with Crippen molar-refractivity contribution in [3.8, 4) is 17.4 Å². The summed E-state index contributed by atoms with van der Waals surface area (Å²) in [5, 5.41) is 10.6. The first-order valence-electron chi connectivity index (χ1n) is 8.88. The van der Waals surface area contributed by atoms with Crippen LogP contribution >= 0.6 is 0 Å². The van der Waals surface area contributed by atoms with Gasteiger partial charge in [0.1, 0.15) is 11.1 Å². The molecule has 0 spiro atoms. The summed E-state index contributed by atoms with van der Waals surface area (Å²) in [7, 11) is 4.25. The molecule has 0 bridgehead atoms. The smallest absolute Gasteiger partial charge is 0.357 e. The van der Waals surface area contributed by atoms with Gasteiger partial charge in [0.25, 0.3) is 11.5 Å². The van der Waals surface area contributed by atoms with E-state index in [0.29, 0.717) is 39.4 Å². The number of aryl methyl sites for hydroxylation is 1. The van der Waals surface area contributed by atoms with Gasteiger partial charge in [0, 0.05) is 28.3 Å². The Morgan fingerprint density at radius 3 is 2.53 bits per heavy atom. The minimum absolute atomic E-state index is 0.0227. The number of methoxy groups -OCH3 is 3. The van der Waals surface area contributed by atoms with Crippen molar-refractivity contribution in [1.29, 1.82) is 0 Å². The molecule has 0 amide bonds. The van der Waals surface area contributed by atoms with Crippen LogP contribution in [-0.4, -0.2) is 43.1 Å². The Morgan fingerprint density at radius 1 is 1.17 bits per heavy atom. The molecule has 30 heavy (non-hydrogen) atoms. The number of H-pyrrole nitrogens is 1. The summed E-state index contributed by atoms with van der Waals surface area (Å²) in [6.45, 7) is 1.71. The van der Waals surface area contributed by atoms with E-state index in [2.05, 4.69) is 9.98 Å². The second kappa shape index (κ2) is 7.11. The minimum Gasteiger partial charge on any atom is -0.493 e. The molecule has 1 aromatic carbocycles. The third-order valence-corrected chi connectivity index (χ3v) is 4.79. The number of esters is 1. The molecule has 0 radical (unpaired) electrons. The highest BCUT2D eigenvalue weighted by Crippen LogP contribution is 2.44. The molecule has 3 aromatic rings. The maximum Gasteiger partial charge on any atom is 0.357 e. The van der Waals surface area contributed by atoms with Crippen molar-refractivity contribution in [3.05, 3.63) is 45.6 Å². The average Bonchev–Trinajstić information content (AvgIpc) is 3.23. The lowest BCUT2D eigenvalue weighted by Gasteiger charge is -2.10. The van der Waals surface area contributed by atoms with Gasteiger partial charge in [-0.05, 0) is 25.1 Å². The fraction of sp³-hybridized carbons (Fsp3) is 0.190. The predicted molar refractivity (Wildman–Crippen MR) is 110 cm³/mol. The Morgan fingerprint density at radius 2 is 1.87 bits per heavy atom. The summed E-state index contributed by atoms with van der Waals surface area (Å²) >= 11 is 0. The molecule has 0 atom stereocenters. The number of ether oxygens (including phenoxy) is 3. The van der Waals surface area contributed by atoms with Crippen LogP contribution in [0.25, 0.3) is 22.4 Å². The summed E-state index contributed by atoms with van der Waals surface area (Å²) in [4.78, 5) is 31.6. The highest BCUT2D eigenvalue weighted by atomic mass is 16.5. The molecular weight excluding hydrogens is 392 g/mol. The van der Waals surface area contributed by atoms with Crippen LogP contribution < -0.4 is 15.0 Å². The lowest BCUT2D eigenvalue weighted by atomic mass is 10.00. The summed E-state index contributed by atoms with van der Waals surface area (Å²) in [5.74, 6) is -0.0627. The lowest BCUT2D eigenvalue weighted by Crippen LogP contribution is -2.14. The van der Waals surface area contributed by atoms with E-state index in [4.69, 9.17) is 18.6 Å². The zero-order valence-electron chi connectivity index (χ0n) is 16.7. The third kappa shape index (κ3) is 2.91. The molecule has 0 unspecified atom stereocenters. The maximum absolute atomic E-state index is 12.4. The van der Waals surface area contributed by atoms with Crippen molar-refractivity contribution in [1.82, 2.24) is 4.98 Å². The first-order valence-corrected chi connectivity index (χ1v) is 8.88. The molecule has 2 N–H and O–H groups in total. The number of aromatic amines is 1. The Bertz CT molecular complexity index is 1310. The first-order chi connectivity index (χ1) is 14.4. The van der Waals surface area contributed by atoms with Crippen LogP contribution in [0.2, 0.25) is 0 Å². The largest absolute Gasteiger partial charge is 0.493 e. The molecule has 4 rings (SSSR count). The van der Waals surface area contributed by atoms with Crippen LogP contribution in [0.15, 0.2) is 32.4 Å². The Balaban J connectivity index is 1.99. The van der Waals surface area contributed by atoms with E-state index >= 15 is 0 Å². The molecule has 1 aliphatic rings. The van der Waals surface area contributed by atoms with E-state index in [1.54, 1.807) is 25.1 Å². The average molecular weight is 410 g/mol. The maximum atomic E-state index is 12.4. The van der Waals surface area contributed by atoms with E-state index in [-0.39, 0.29) is 16.9 Å². The topological polar surface area (TPSA) is 123 Å². The molecule has 0 saturated heterocycles. The van der Waals surface area contributed by atoms with Crippen molar-refractivity contribution < 1.29 is 28.5 Å². The van der Waals surface area contributed by atoms with Crippen LogP contribution in [0.1, 0.15) is 17.0 Å². The third-order valence-electron chi connectivity index (χ3n) is 4.79. The van der Waals surface area contributed by atoms with E-state index in [9.17, 15) is 14.7 Å². The number of carbonyl (C=O) groups excluding carboxylic acids is 1. The molecule has 9 nitrogen and oxygen atoms in total. The zero-order chi connectivity index (χ0) is 21.6. The quantitative estimate of drug-likeness (QED) is 0.634. The molecule has 3 heterocycles. The summed E-state index contributed by atoms with van der Waals surface area (Å²) in [5.41, 5.74) is 1.62. The van der Waals surface area contributed by atoms with Gasteiger partial charge in [-0.2, -0.15) is 0 Å². The normalized spacial score (nSPS) is 14.0. The van der Waals surface area contributed by atoms with Crippen LogP contribution in [-0.2, 0) is 9.53 Å². The number of aromatic nitrogens is 1. The van der Waals surface area contributed by atoms with Gasteiger partial charge < -0.3 is 28.7 Å². The van der Waals surface area contributed by atoms with Crippen molar-refractivity contribution in [2.24, 2.45) is 4.99 Å². The molecule has 0 fully saturated rings. The highest BCUT2D eigenvalue weighted by Gasteiger charge is 2.30. The van der Waals surface area contributed by atoms with Gasteiger partial charge >= 0.3 is 5.97 Å². The van der Waals surface area contributed by atoms with Gasteiger partial charge in [-0.25, -0.2) is 9.79 Å². The number of nitrogens with one attached hydrogen (secondary N) is 1. The standard InChI is InChI=1S/C21H18N2O7/c1-9-5-12-14(30-20(25)17(12)19(24)22-9)7-11-10-6-15(27-2)16(28-3)8-13(10)23-18(11)21(26)29-4/h5-8,25H,1-4H3,(H,22,24)/b11-7-. The van der Waals surface area contributed by atoms with Crippen molar-refractivity contribution >= 4 is 39.8 Å². The molecule has 0 saturated carbocycles. The molecule has 2 aromatic heterocycles. The van der Waals surface area contributed by atoms with E-state index < -0.39 is 17.5 Å². The van der Waals surface area contributed by atoms with Crippen molar-refractivity contribution in [3.63, 3.8) is 0 Å².